The first-order valence-electron chi connectivity index (χ1n) is 6.82. The van der Waals surface area contributed by atoms with Crippen LogP contribution in [-0.4, -0.2) is 54.8 Å². The van der Waals surface area contributed by atoms with Crippen molar-refractivity contribution in [3.8, 4) is 0 Å². The fourth-order valence-electron chi connectivity index (χ4n) is 2.43. The summed E-state index contributed by atoms with van der Waals surface area (Å²) in [6.45, 7) is 7.00. The van der Waals surface area contributed by atoms with Crippen molar-refractivity contribution in [3.05, 3.63) is 0 Å². The summed E-state index contributed by atoms with van der Waals surface area (Å²) in [5.74, 6) is -0.580. The van der Waals surface area contributed by atoms with Gasteiger partial charge in [0.2, 0.25) is 11.8 Å². The fraction of sp³-hybridized carbons (Fsp3) is 0.846. The number of nitrogens with one attached hydrogen (secondary N) is 1. The number of carbonyl (C=O) groups is 2. The Labute approximate surface area is 120 Å². The molecule has 7 heteroatoms. The molecule has 20 heavy (non-hydrogen) atoms. The zero-order valence-corrected chi connectivity index (χ0v) is 13.6. The number of sulfone groups is 1. The van der Waals surface area contributed by atoms with E-state index in [2.05, 4.69) is 5.32 Å². The van der Waals surface area contributed by atoms with Crippen molar-refractivity contribution in [1.82, 2.24) is 10.2 Å². The largest absolute Gasteiger partial charge is 0.340 e. The van der Waals surface area contributed by atoms with Crippen LogP contribution in [0.5, 0.6) is 0 Å². The second-order valence-electron chi connectivity index (χ2n) is 5.89. The Bertz CT molecular complexity index is 506. The van der Waals surface area contributed by atoms with Crippen LogP contribution in [0, 0.1) is 0 Å². The predicted octanol–water partition coefficient (Wildman–Crippen LogP) is 0.327. The van der Waals surface area contributed by atoms with Gasteiger partial charge in [0.25, 0.3) is 0 Å². The smallest absolute Gasteiger partial charge is 0.249 e. The molecule has 1 N–H and O–H groups in total. The molecule has 1 aliphatic rings. The van der Waals surface area contributed by atoms with E-state index >= 15 is 0 Å². The third-order valence-electron chi connectivity index (χ3n) is 4.13. The van der Waals surface area contributed by atoms with Crippen LogP contribution >= 0.6 is 0 Å². The summed E-state index contributed by atoms with van der Waals surface area (Å²) in [5, 5.41) is 2.82. The lowest BCUT2D eigenvalue weighted by Gasteiger charge is -2.49. The van der Waals surface area contributed by atoms with Gasteiger partial charge in [0, 0.05) is 12.8 Å². The highest BCUT2D eigenvalue weighted by Gasteiger charge is 2.52. The third kappa shape index (κ3) is 2.97. The van der Waals surface area contributed by atoms with Gasteiger partial charge >= 0.3 is 0 Å². The third-order valence-corrected chi connectivity index (χ3v) is 5.05. The number of hydrogen-bond acceptors (Lipinski definition) is 4. The summed E-state index contributed by atoms with van der Waals surface area (Å²) in [6.07, 6.45) is 2.10. The van der Waals surface area contributed by atoms with E-state index in [4.69, 9.17) is 0 Å². The minimum absolute atomic E-state index is 0.0415. The molecule has 1 rings (SSSR count). The predicted molar refractivity (Wildman–Crippen MR) is 77.0 cm³/mol. The molecule has 0 unspecified atom stereocenters. The van der Waals surface area contributed by atoms with Gasteiger partial charge in [-0.25, -0.2) is 8.42 Å². The molecule has 1 fully saturated rings. The Kier molecular flexibility index (Phi) is 4.53. The van der Waals surface area contributed by atoms with Crippen molar-refractivity contribution in [3.63, 3.8) is 0 Å². The second kappa shape index (κ2) is 5.35. The summed E-state index contributed by atoms with van der Waals surface area (Å²) in [4.78, 5) is 26.4. The average molecular weight is 304 g/mol. The highest BCUT2D eigenvalue weighted by molar-refractivity contribution is 7.90. The van der Waals surface area contributed by atoms with Gasteiger partial charge in [-0.15, -0.1) is 0 Å². The molecular weight excluding hydrogens is 280 g/mol. The number of hydrogen-bond donors (Lipinski definition) is 1. The monoisotopic (exact) mass is 304 g/mol. The first-order chi connectivity index (χ1) is 9.00. The molecule has 2 amide bonds. The lowest BCUT2D eigenvalue weighted by molar-refractivity contribution is -0.161. The SMILES string of the molecule is CCC1(CC)NC(=O)C(C)(C)N(CCS(C)(=O)=O)C1=O. The van der Waals surface area contributed by atoms with Gasteiger partial charge in [-0.3, -0.25) is 9.59 Å². The van der Waals surface area contributed by atoms with Gasteiger partial charge in [0.1, 0.15) is 20.9 Å². The van der Waals surface area contributed by atoms with Gasteiger partial charge in [-0.1, -0.05) is 13.8 Å². The first-order valence-corrected chi connectivity index (χ1v) is 8.88. The molecule has 1 heterocycles. The van der Waals surface area contributed by atoms with Crippen LogP contribution in [0.15, 0.2) is 0 Å². The van der Waals surface area contributed by atoms with Crippen molar-refractivity contribution in [2.45, 2.75) is 51.6 Å². The Morgan fingerprint density at radius 1 is 1.15 bits per heavy atom. The summed E-state index contributed by atoms with van der Waals surface area (Å²) >= 11 is 0. The maximum Gasteiger partial charge on any atom is 0.249 e. The Morgan fingerprint density at radius 3 is 2.05 bits per heavy atom. The molecule has 0 aromatic carbocycles. The zero-order valence-electron chi connectivity index (χ0n) is 12.8. The van der Waals surface area contributed by atoms with Crippen LogP contribution < -0.4 is 5.32 Å². The average Bonchev–Trinajstić information content (AvgIpc) is 2.32. The van der Waals surface area contributed by atoms with E-state index < -0.39 is 20.9 Å². The van der Waals surface area contributed by atoms with E-state index in [0.717, 1.165) is 6.26 Å². The highest BCUT2D eigenvalue weighted by Crippen LogP contribution is 2.30. The lowest BCUT2D eigenvalue weighted by Crippen LogP contribution is -2.74. The highest BCUT2D eigenvalue weighted by atomic mass is 32.2. The maximum absolute atomic E-state index is 12.7. The molecule has 0 radical (unpaired) electrons. The molecule has 1 saturated heterocycles. The fourth-order valence-corrected chi connectivity index (χ4v) is 2.94. The Hall–Kier alpha value is -1.11. The van der Waals surface area contributed by atoms with E-state index in [-0.39, 0.29) is 24.1 Å². The molecule has 0 aromatic rings. The summed E-state index contributed by atoms with van der Waals surface area (Å²) < 4.78 is 22.7. The molecular formula is C13H24N2O4S. The van der Waals surface area contributed by atoms with E-state index in [1.54, 1.807) is 13.8 Å². The Morgan fingerprint density at radius 2 is 1.65 bits per heavy atom. The van der Waals surface area contributed by atoms with Gasteiger partial charge in [-0.05, 0) is 26.7 Å². The van der Waals surface area contributed by atoms with Crippen LogP contribution in [0.4, 0.5) is 0 Å². The van der Waals surface area contributed by atoms with Gasteiger partial charge < -0.3 is 10.2 Å². The van der Waals surface area contributed by atoms with E-state index in [0.29, 0.717) is 12.8 Å². The summed E-state index contributed by atoms with van der Waals surface area (Å²) in [6, 6.07) is 0. The molecule has 6 nitrogen and oxygen atoms in total. The minimum Gasteiger partial charge on any atom is -0.340 e. The number of amides is 2. The van der Waals surface area contributed by atoms with E-state index in [1.807, 2.05) is 13.8 Å². The van der Waals surface area contributed by atoms with Crippen LogP contribution in [-0.2, 0) is 19.4 Å². The van der Waals surface area contributed by atoms with Crippen LogP contribution in [0.1, 0.15) is 40.5 Å². The molecule has 0 atom stereocenters. The molecule has 0 saturated carbocycles. The van der Waals surface area contributed by atoms with Crippen molar-refractivity contribution in [2.24, 2.45) is 0 Å². The molecule has 0 spiro atoms. The number of piperazine rings is 1. The van der Waals surface area contributed by atoms with E-state index in [1.165, 1.54) is 4.90 Å². The van der Waals surface area contributed by atoms with Gasteiger partial charge in [0.15, 0.2) is 0 Å². The molecule has 0 aliphatic carbocycles. The minimum atomic E-state index is -3.19. The number of rotatable bonds is 5. The molecule has 116 valence electrons. The van der Waals surface area contributed by atoms with Crippen molar-refractivity contribution < 1.29 is 18.0 Å². The maximum atomic E-state index is 12.7. The van der Waals surface area contributed by atoms with Crippen molar-refractivity contribution in [2.75, 3.05) is 18.6 Å². The molecule has 0 aromatic heterocycles. The molecule has 0 bridgehead atoms. The topological polar surface area (TPSA) is 83.6 Å². The van der Waals surface area contributed by atoms with Crippen molar-refractivity contribution >= 4 is 21.7 Å². The second-order valence-corrected chi connectivity index (χ2v) is 8.15. The summed E-state index contributed by atoms with van der Waals surface area (Å²) in [5.41, 5.74) is -1.94. The van der Waals surface area contributed by atoms with Crippen LogP contribution in [0.2, 0.25) is 0 Å². The van der Waals surface area contributed by atoms with Gasteiger partial charge in [-0.2, -0.15) is 0 Å². The van der Waals surface area contributed by atoms with Gasteiger partial charge in [0.05, 0.1) is 5.75 Å². The normalized spacial score (nSPS) is 21.8. The van der Waals surface area contributed by atoms with E-state index in [9.17, 15) is 18.0 Å². The zero-order chi connectivity index (χ0) is 15.8. The van der Waals surface area contributed by atoms with Crippen molar-refractivity contribution in [1.29, 1.82) is 0 Å². The quantitative estimate of drug-likeness (QED) is 0.793. The Balaban J connectivity index is 3.14. The number of nitrogens with zero attached hydrogens (tertiary/aromatic N) is 1. The standard InChI is InChI=1S/C13H24N2O4S/c1-6-13(7-2)11(17)15(8-9-20(5,18)19)12(3,4)10(16)14-13/h6-9H2,1-5H3,(H,14,16). The first kappa shape index (κ1) is 16.9. The lowest BCUT2D eigenvalue weighted by atomic mass is 9.83. The van der Waals surface area contributed by atoms with Crippen LogP contribution in [0.25, 0.3) is 0 Å². The van der Waals surface area contributed by atoms with Crippen LogP contribution in [0.3, 0.4) is 0 Å². The number of carbonyl (C=O) groups excluding carboxylic acids is 2. The summed E-state index contributed by atoms with van der Waals surface area (Å²) in [7, 11) is -3.19. The molecule has 1 aliphatic heterocycles.